The van der Waals surface area contributed by atoms with Crippen LogP contribution in [0.5, 0.6) is 0 Å². The van der Waals surface area contributed by atoms with Gasteiger partial charge in [-0.2, -0.15) is 0 Å². The summed E-state index contributed by atoms with van der Waals surface area (Å²) in [5, 5.41) is 3.59. The van der Waals surface area contributed by atoms with E-state index in [1.54, 1.807) is 0 Å². The van der Waals surface area contributed by atoms with Gasteiger partial charge in [-0.15, -0.1) is 0 Å². The van der Waals surface area contributed by atoms with Gasteiger partial charge in [0, 0.05) is 30.9 Å². The Labute approximate surface area is 130 Å². The first kappa shape index (κ1) is 16.3. The molecule has 0 bridgehead atoms. The predicted molar refractivity (Wildman–Crippen MR) is 90.9 cm³/mol. The molecule has 3 heteroatoms. The molecule has 0 saturated carbocycles. The zero-order valence-electron chi connectivity index (χ0n) is 14.2. The summed E-state index contributed by atoms with van der Waals surface area (Å²) in [5.74, 6) is 1.91. The summed E-state index contributed by atoms with van der Waals surface area (Å²) >= 11 is 0. The number of hydrogen-bond acceptors (Lipinski definition) is 3. The van der Waals surface area contributed by atoms with Crippen molar-refractivity contribution in [2.75, 3.05) is 24.5 Å². The van der Waals surface area contributed by atoms with E-state index < -0.39 is 0 Å². The number of aryl methyl sites for hydroxylation is 2. The number of pyridine rings is 1. The van der Waals surface area contributed by atoms with Crippen LogP contribution < -0.4 is 10.2 Å². The molecule has 21 heavy (non-hydrogen) atoms. The van der Waals surface area contributed by atoms with Gasteiger partial charge in [-0.25, -0.2) is 4.98 Å². The van der Waals surface area contributed by atoms with Crippen molar-refractivity contribution in [3.05, 3.63) is 22.9 Å². The Morgan fingerprint density at radius 1 is 1.14 bits per heavy atom. The zero-order valence-corrected chi connectivity index (χ0v) is 14.2. The molecule has 3 nitrogen and oxygen atoms in total. The van der Waals surface area contributed by atoms with Gasteiger partial charge in [0.25, 0.3) is 0 Å². The number of hydrogen-bond donors (Lipinski definition) is 1. The maximum Gasteiger partial charge on any atom is 0.133 e. The molecule has 1 aromatic rings. The second-order valence-corrected chi connectivity index (χ2v) is 6.81. The fourth-order valence-electron chi connectivity index (χ4n) is 3.09. The van der Waals surface area contributed by atoms with Crippen molar-refractivity contribution in [2.24, 2.45) is 5.92 Å². The van der Waals surface area contributed by atoms with Gasteiger partial charge in [0.1, 0.15) is 5.82 Å². The lowest BCUT2D eigenvalue weighted by molar-refractivity contribution is 0.550. The third-order valence-electron chi connectivity index (χ3n) is 4.21. The Balaban J connectivity index is 2.20. The summed E-state index contributed by atoms with van der Waals surface area (Å²) < 4.78 is 0. The topological polar surface area (TPSA) is 28.2 Å². The number of rotatable bonds is 5. The first-order chi connectivity index (χ1) is 10.1. The summed E-state index contributed by atoms with van der Waals surface area (Å²) in [5.41, 5.74) is 3.90. The first-order valence-electron chi connectivity index (χ1n) is 8.50. The van der Waals surface area contributed by atoms with Crippen LogP contribution in [0, 0.1) is 19.8 Å². The average molecular weight is 289 g/mol. The zero-order chi connectivity index (χ0) is 15.2. The number of nitrogens with one attached hydrogen (secondary N) is 1. The average Bonchev–Trinajstić information content (AvgIpc) is 2.69. The van der Waals surface area contributed by atoms with Crippen LogP contribution >= 0.6 is 0 Å². The Bertz CT molecular complexity index is 446. The van der Waals surface area contributed by atoms with Crippen molar-refractivity contribution in [1.29, 1.82) is 0 Å². The lowest BCUT2D eigenvalue weighted by Crippen LogP contribution is -2.28. The van der Waals surface area contributed by atoms with Crippen molar-refractivity contribution in [3.63, 3.8) is 0 Å². The summed E-state index contributed by atoms with van der Waals surface area (Å²) in [4.78, 5) is 7.40. The number of anilines is 1. The van der Waals surface area contributed by atoms with Crippen molar-refractivity contribution in [1.82, 2.24) is 10.3 Å². The normalized spacial score (nSPS) is 16.3. The second-order valence-electron chi connectivity index (χ2n) is 6.81. The quantitative estimate of drug-likeness (QED) is 0.893. The Morgan fingerprint density at radius 2 is 1.81 bits per heavy atom. The summed E-state index contributed by atoms with van der Waals surface area (Å²) in [7, 11) is 0. The molecule has 118 valence electrons. The van der Waals surface area contributed by atoms with E-state index in [1.807, 2.05) is 0 Å². The first-order valence-corrected chi connectivity index (χ1v) is 8.50. The minimum atomic E-state index is 0.686. The van der Waals surface area contributed by atoms with E-state index in [9.17, 15) is 0 Å². The van der Waals surface area contributed by atoms with Crippen LogP contribution in [-0.2, 0) is 6.54 Å². The van der Waals surface area contributed by atoms with Crippen molar-refractivity contribution >= 4 is 5.82 Å². The number of nitrogens with zero attached hydrogens (tertiary/aromatic N) is 2. The van der Waals surface area contributed by atoms with Gasteiger partial charge < -0.3 is 10.2 Å². The molecule has 2 heterocycles. The van der Waals surface area contributed by atoms with E-state index in [0.717, 1.165) is 31.9 Å². The molecule has 1 fully saturated rings. The molecule has 0 aromatic carbocycles. The van der Waals surface area contributed by atoms with E-state index >= 15 is 0 Å². The molecule has 0 radical (unpaired) electrons. The largest absolute Gasteiger partial charge is 0.356 e. The summed E-state index contributed by atoms with van der Waals surface area (Å²) in [6.07, 6.45) is 5.32. The monoisotopic (exact) mass is 289 g/mol. The standard InChI is InChI=1S/C18H31N3/c1-14(2)12-19-13-17-15(3)11-16(4)20-18(17)21-9-7-5-6-8-10-21/h11,14,19H,5-10,12-13H2,1-4H3. The van der Waals surface area contributed by atoms with Crippen LogP contribution in [-0.4, -0.2) is 24.6 Å². The van der Waals surface area contributed by atoms with E-state index in [4.69, 9.17) is 4.98 Å². The van der Waals surface area contributed by atoms with Crippen LogP contribution in [0.3, 0.4) is 0 Å². The smallest absolute Gasteiger partial charge is 0.133 e. The summed E-state index contributed by atoms with van der Waals surface area (Å²) in [6, 6.07) is 2.22. The molecule has 0 amide bonds. The Kier molecular flexibility index (Phi) is 6.04. The van der Waals surface area contributed by atoms with Crippen LogP contribution in [0.25, 0.3) is 0 Å². The minimum Gasteiger partial charge on any atom is -0.356 e. The maximum absolute atomic E-state index is 4.88. The van der Waals surface area contributed by atoms with Crippen LogP contribution in [0.4, 0.5) is 5.82 Å². The van der Waals surface area contributed by atoms with E-state index in [2.05, 4.69) is 44.0 Å². The highest BCUT2D eigenvalue weighted by Crippen LogP contribution is 2.25. The van der Waals surface area contributed by atoms with Gasteiger partial charge in [-0.05, 0) is 50.8 Å². The summed E-state index contributed by atoms with van der Waals surface area (Å²) in [6.45, 7) is 13.2. The predicted octanol–water partition coefficient (Wildman–Crippen LogP) is 3.82. The van der Waals surface area contributed by atoms with Crippen molar-refractivity contribution < 1.29 is 0 Å². The molecule has 1 saturated heterocycles. The van der Waals surface area contributed by atoms with Gasteiger partial charge in [-0.1, -0.05) is 26.7 Å². The second kappa shape index (κ2) is 7.79. The van der Waals surface area contributed by atoms with Gasteiger partial charge >= 0.3 is 0 Å². The fraction of sp³-hybridized carbons (Fsp3) is 0.722. The molecular weight excluding hydrogens is 258 g/mol. The van der Waals surface area contributed by atoms with Gasteiger partial charge in [0.2, 0.25) is 0 Å². The molecule has 0 spiro atoms. The molecule has 0 atom stereocenters. The molecule has 1 N–H and O–H groups in total. The highest BCUT2D eigenvalue weighted by Gasteiger charge is 2.17. The lowest BCUT2D eigenvalue weighted by atomic mass is 10.1. The molecule has 1 aliphatic rings. The van der Waals surface area contributed by atoms with Crippen molar-refractivity contribution in [2.45, 2.75) is 59.9 Å². The number of aromatic nitrogens is 1. The van der Waals surface area contributed by atoms with Crippen LogP contribution in [0.15, 0.2) is 6.07 Å². The van der Waals surface area contributed by atoms with Crippen LogP contribution in [0.1, 0.15) is 56.4 Å². The Hall–Kier alpha value is -1.09. The third-order valence-corrected chi connectivity index (χ3v) is 4.21. The molecule has 2 rings (SSSR count). The van der Waals surface area contributed by atoms with E-state index in [0.29, 0.717) is 5.92 Å². The fourth-order valence-corrected chi connectivity index (χ4v) is 3.09. The molecular formula is C18H31N3. The third kappa shape index (κ3) is 4.70. The highest BCUT2D eigenvalue weighted by atomic mass is 15.2. The van der Waals surface area contributed by atoms with Crippen LogP contribution in [0.2, 0.25) is 0 Å². The maximum atomic E-state index is 4.88. The van der Waals surface area contributed by atoms with Gasteiger partial charge in [-0.3, -0.25) is 0 Å². The lowest BCUT2D eigenvalue weighted by Gasteiger charge is -2.26. The van der Waals surface area contributed by atoms with Gasteiger partial charge in [0.15, 0.2) is 0 Å². The Morgan fingerprint density at radius 3 is 2.43 bits per heavy atom. The SMILES string of the molecule is Cc1cc(C)c(CNCC(C)C)c(N2CCCCCC2)n1. The minimum absolute atomic E-state index is 0.686. The molecule has 1 aromatic heterocycles. The highest BCUT2D eigenvalue weighted by molar-refractivity contribution is 5.51. The van der Waals surface area contributed by atoms with E-state index in [-0.39, 0.29) is 0 Å². The molecule has 0 aliphatic carbocycles. The van der Waals surface area contributed by atoms with E-state index in [1.165, 1.54) is 42.6 Å². The molecule has 1 aliphatic heterocycles. The van der Waals surface area contributed by atoms with Crippen molar-refractivity contribution in [3.8, 4) is 0 Å². The molecule has 0 unspecified atom stereocenters. The van der Waals surface area contributed by atoms with Gasteiger partial charge in [0.05, 0.1) is 0 Å².